The van der Waals surface area contributed by atoms with Gasteiger partial charge in [0.15, 0.2) is 0 Å². The van der Waals surface area contributed by atoms with Crippen LogP contribution in [-0.2, 0) is 0 Å². The summed E-state index contributed by atoms with van der Waals surface area (Å²) in [5.41, 5.74) is 6.76. The number of benzene rings is 1. The molecule has 0 radical (unpaired) electrons. The van der Waals surface area contributed by atoms with Crippen molar-refractivity contribution in [3.63, 3.8) is 0 Å². The van der Waals surface area contributed by atoms with Crippen molar-refractivity contribution < 1.29 is 4.74 Å². The Bertz CT molecular complexity index is 560. The van der Waals surface area contributed by atoms with Gasteiger partial charge in [-0.3, -0.25) is 0 Å². The summed E-state index contributed by atoms with van der Waals surface area (Å²) < 4.78 is 5.12. The highest BCUT2D eigenvalue weighted by Gasteiger charge is 2.13. The van der Waals surface area contributed by atoms with Gasteiger partial charge in [0, 0.05) is 10.6 Å². The van der Waals surface area contributed by atoms with Crippen LogP contribution in [0.25, 0.3) is 11.3 Å². The first-order valence-corrected chi connectivity index (χ1v) is 5.49. The number of hydrogen-bond acceptors (Lipinski definition) is 4. The van der Waals surface area contributed by atoms with Gasteiger partial charge in [-0.05, 0) is 18.2 Å². The maximum atomic E-state index is 6.09. The predicted molar refractivity (Wildman–Crippen MR) is 68.5 cm³/mol. The van der Waals surface area contributed by atoms with Crippen molar-refractivity contribution in [3.05, 3.63) is 34.4 Å². The van der Waals surface area contributed by atoms with Gasteiger partial charge in [0.2, 0.25) is 5.88 Å². The molecule has 0 atom stereocenters. The van der Waals surface area contributed by atoms with Crippen LogP contribution < -0.4 is 10.5 Å². The maximum Gasteiger partial charge on any atom is 0.242 e. The first-order chi connectivity index (χ1) is 8.11. The van der Waals surface area contributed by atoms with Crippen LogP contribution in [0.2, 0.25) is 10.0 Å². The van der Waals surface area contributed by atoms with Crippen molar-refractivity contribution in [1.29, 1.82) is 0 Å². The minimum absolute atomic E-state index is 0.288. The van der Waals surface area contributed by atoms with Gasteiger partial charge in [-0.25, -0.2) is 4.98 Å². The molecular weight excluding hydrogens is 261 g/mol. The lowest BCUT2D eigenvalue weighted by atomic mass is 10.1. The molecule has 88 valence electrons. The van der Waals surface area contributed by atoms with E-state index in [-0.39, 0.29) is 5.82 Å². The van der Waals surface area contributed by atoms with E-state index in [2.05, 4.69) is 9.97 Å². The SMILES string of the molecule is COc1nc(N)cnc1-c1ccc(Cl)cc1Cl. The highest BCUT2D eigenvalue weighted by atomic mass is 35.5. The standard InChI is InChI=1S/C11H9Cl2N3O/c1-17-11-10(15-5-9(14)16-11)7-3-2-6(12)4-8(7)13/h2-5H,1H3,(H2,14,16). The zero-order valence-corrected chi connectivity index (χ0v) is 10.5. The van der Waals surface area contributed by atoms with Gasteiger partial charge in [-0.1, -0.05) is 23.2 Å². The number of halogens is 2. The largest absolute Gasteiger partial charge is 0.479 e. The quantitative estimate of drug-likeness (QED) is 0.911. The summed E-state index contributed by atoms with van der Waals surface area (Å²) in [6.45, 7) is 0. The summed E-state index contributed by atoms with van der Waals surface area (Å²) >= 11 is 11.9. The summed E-state index contributed by atoms with van der Waals surface area (Å²) in [7, 11) is 1.50. The molecule has 0 fully saturated rings. The average molecular weight is 270 g/mol. The molecule has 1 aromatic heterocycles. The molecule has 0 aliphatic rings. The lowest BCUT2D eigenvalue weighted by Crippen LogP contribution is -1.99. The van der Waals surface area contributed by atoms with Crippen LogP contribution in [-0.4, -0.2) is 17.1 Å². The number of aromatic nitrogens is 2. The molecule has 0 saturated heterocycles. The Morgan fingerprint density at radius 2 is 2.06 bits per heavy atom. The highest BCUT2D eigenvalue weighted by molar-refractivity contribution is 6.36. The van der Waals surface area contributed by atoms with Crippen molar-refractivity contribution in [2.75, 3.05) is 12.8 Å². The molecule has 4 nitrogen and oxygen atoms in total. The smallest absolute Gasteiger partial charge is 0.242 e. The van der Waals surface area contributed by atoms with E-state index in [1.807, 2.05) is 0 Å². The van der Waals surface area contributed by atoms with Crippen LogP contribution in [0.1, 0.15) is 0 Å². The Morgan fingerprint density at radius 3 is 2.71 bits per heavy atom. The number of rotatable bonds is 2. The molecule has 0 amide bonds. The Morgan fingerprint density at radius 1 is 1.29 bits per heavy atom. The predicted octanol–water partition coefficient (Wildman–Crippen LogP) is 3.04. The Kier molecular flexibility index (Phi) is 3.36. The molecule has 2 rings (SSSR count). The third-order valence-electron chi connectivity index (χ3n) is 2.14. The summed E-state index contributed by atoms with van der Waals surface area (Å²) in [4.78, 5) is 8.20. The molecule has 0 aliphatic carbocycles. The Labute approximate surface area is 108 Å². The molecule has 0 saturated carbocycles. The molecule has 2 aromatic rings. The third-order valence-corrected chi connectivity index (χ3v) is 2.69. The van der Waals surface area contributed by atoms with Crippen LogP contribution in [0.3, 0.4) is 0 Å². The van der Waals surface area contributed by atoms with Crippen LogP contribution >= 0.6 is 23.2 Å². The van der Waals surface area contributed by atoms with Crippen LogP contribution in [0.5, 0.6) is 5.88 Å². The summed E-state index contributed by atoms with van der Waals surface area (Å²) in [5, 5.41) is 1.04. The molecule has 6 heteroatoms. The second-order valence-electron chi connectivity index (χ2n) is 3.28. The van der Waals surface area contributed by atoms with Gasteiger partial charge < -0.3 is 10.5 Å². The van der Waals surface area contributed by atoms with Gasteiger partial charge in [0.25, 0.3) is 0 Å². The van der Waals surface area contributed by atoms with Gasteiger partial charge in [0.05, 0.1) is 18.3 Å². The molecule has 17 heavy (non-hydrogen) atoms. The van der Waals surface area contributed by atoms with Crippen molar-refractivity contribution in [2.24, 2.45) is 0 Å². The zero-order valence-electron chi connectivity index (χ0n) is 8.95. The molecule has 0 unspecified atom stereocenters. The highest BCUT2D eigenvalue weighted by Crippen LogP contribution is 2.33. The van der Waals surface area contributed by atoms with Gasteiger partial charge in [-0.2, -0.15) is 4.98 Å². The van der Waals surface area contributed by atoms with Crippen LogP contribution in [0.15, 0.2) is 24.4 Å². The van der Waals surface area contributed by atoms with Crippen LogP contribution in [0.4, 0.5) is 5.82 Å². The second kappa shape index (κ2) is 4.77. The van der Waals surface area contributed by atoms with Gasteiger partial charge in [0.1, 0.15) is 11.5 Å². The van der Waals surface area contributed by atoms with Crippen molar-refractivity contribution in [2.45, 2.75) is 0 Å². The molecule has 0 aliphatic heterocycles. The topological polar surface area (TPSA) is 61.0 Å². The molecular formula is C11H9Cl2N3O. The molecule has 0 spiro atoms. The zero-order chi connectivity index (χ0) is 12.4. The van der Waals surface area contributed by atoms with Gasteiger partial charge >= 0.3 is 0 Å². The minimum Gasteiger partial charge on any atom is -0.479 e. The van der Waals surface area contributed by atoms with E-state index >= 15 is 0 Å². The van der Waals surface area contributed by atoms with Crippen molar-refractivity contribution >= 4 is 29.0 Å². The van der Waals surface area contributed by atoms with E-state index in [0.29, 0.717) is 27.2 Å². The Hall–Kier alpha value is -1.52. The first kappa shape index (κ1) is 12.0. The monoisotopic (exact) mass is 269 g/mol. The number of ether oxygens (including phenoxy) is 1. The van der Waals surface area contributed by atoms with E-state index in [1.54, 1.807) is 18.2 Å². The fourth-order valence-electron chi connectivity index (χ4n) is 1.39. The minimum atomic E-state index is 0.288. The number of nitrogen functional groups attached to an aromatic ring is 1. The number of hydrogen-bond donors (Lipinski definition) is 1. The fraction of sp³-hybridized carbons (Fsp3) is 0.0909. The van der Waals surface area contributed by atoms with E-state index in [9.17, 15) is 0 Å². The van der Waals surface area contributed by atoms with E-state index < -0.39 is 0 Å². The maximum absolute atomic E-state index is 6.09. The lowest BCUT2D eigenvalue weighted by Gasteiger charge is -2.08. The number of anilines is 1. The normalized spacial score (nSPS) is 10.3. The number of nitrogens with two attached hydrogens (primary N) is 1. The van der Waals surface area contributed by atoms with Crippen molar-refractivity contribution in [1.82, 2.24) is 9.97 Å². The summed E-state index contributed by atoms with van der Waals surface area (Å²) in [5.74, 6) is 0.616. The lowest BCUT2D eigenvalue weighted by molar-refractivity contribution is 0.398. The first-order valence-electron chi connectivity index (χ1n) is 4.73. The molecule has 0 bridgehead atoms. The summed E-state index contributed by atoms with van der Waals surface area (Å²) in [6.07, 6.45) is 1.45. The Balaban J connectivity index is 2.60. The summed E-state index contributed by atoms with van der Waals surface area (Å²) in [6, 6.07) is 5.11. The number of nitrogens with zero attached hydrogens (tertiary/aromatic N) is 2. The molecule has 1 aromatic carbocycles. The van der Waals surface area contributed by atoms with E-state index in [4.69, 9.17) is 33.7 Å². The fourth-order valence-corrected chi connectivity index (χ4v) is 1.89. The molecule has 2 N–H and O–H groups in total. The number of methoxy groups -OCH3 is 1. The third kappa shape index (κ3) is 2.43. The van der Waals surface area contributed by atoms with Crippen LogP contribution in [0, 0.1) is 0 Å². The average Bonchev–Trinajstić information content (AvgIpc) is 2.30. The second-order valence-corrected chi connectivity index (χ2v) is 4.12. The molecule has 1 heterocycles. The van der Waals surface area contributed by atoms with E-state index in [0.717, 1.165) is 0 Å². The van der Waals surface area contributed by atoms with Gasteiger partial charge in [-0.15, -0.1) is 0 Å². The van der Waals surface area contributed by atoms with E-state index in [1.165, 1.54) is 13.3 Å². The van der Waals surface area contributed by atoms with Crippen molar-refractivity contribution in [3.8, 4) is 17.1 Å².